The molecule has 0 aliphatic carbocycles. The molecule has 1 rings (SSSR count). The molecule has 1 atom stereocenters. The molecular weight excluding hydrogens is 396 g/mol. The number of amides is 3. The molecule has 27 heavy (non-hydrogen) atoms. The lowest BCUT2D eigenvalue weighted by molar-refractivity contribution is -0.150. The Kier molecular flexibility index (Phi) is 10.3. The molecule has 0 spiro atoms. The number of halogens is 1. The molecule has 3 amide bonds. The number of carbonyl (C=O) groups excluding carboxylic acids is 4. The molecule has 0 aromatic heterocycles. The molecule has 0 aliphatic rings. The summed E-state index contributed by atoms with van der Waals surface area (Å²) in [4.78, 5) is 47.2. The average Bonchev–Trinajstić information content (AvgIpc) is 2.63. The van der Waals surface area contributed by atoms with Crippen molar-refractivity contribution in [1.29, 1.82) is 0 Å². The Morgan fingerprint density at radius 2 is 1.81 bits per heavy atom. The maximum Gasteiger partial charge on any atom is 0.413 e. The molecule has 0 aliphatic heterocycles. The van der Waals surface area contributed by atoms with Crippen LogP contribution < -0.4 is 10.6 Å². The van der Waals surface area contributed by atoms with Crippen molar-refractivity contribution in [2.24, 2.45) is 0 Å². The van der Waals surface area contributed by atoms with Gasteiger partial charge in [0.2, 0.25) is 0 Å². The number of hydrogen-bond acceptors (Lipinski definition) is 7. The molecule has 2 N–H and O–H groups in total. The van der Waals surface area contributed by atoms with Crippen molar-refractivity contribution in [1.82, 2.24) is 10.6 Å². The molecular formula is C17H21ClN2O6S. The van der Waals surface area contributed by atoms with Crippen molar-refractivity contribution in [3.63, 3.8) is 0 Å². The van der Waals surface area contributed by atoms with Gasteiger partial charge in [-0.05, 0) is 49.6 Å². The fourth-order valence-electron chi connectivity index (χ4n) is 1.88. The Morgan fingerprint density at radius 1 is 1.15 bits per heavy atom. The average molecular weight is 417 g/mol. The Bertz CT molecular complexity index is 668. The number of alkyl carbamates (subject to hydrolysis) is 1. The van der Waals surface area contributed by atoms with Gasteiger partial charge in [0.15, 0.2) is 6.61 Å². The fourth-order valence-corrected chi connectivity index (χ4v) is 2.48. The minimum absolute atomic E-state index is 0.104. The topological polar surface area (TPSA) is 111 Å². The van der Waals surface area contributed by atoms with E-state index in [-0.39, 0.29) is 6.61 Å². The van der Waals surface area contributed by atoms with E-state index < -0.39 is 36.5 Å². The molecule has 0 radical (unpaired) electrons. The molecule has 10 heteroatoms. The van der Waals surface area contributed by atoms with Gasteiger partial charge in [-0.3, -0.25) is 14.9 Å². The van der Waals surface area contributed by atoms with E-state index in [0.29, 0.717) is 22.8 Å². The first-order valence-electron chi connectivity index (χ1n) is 8.06. The Balaban J connectivity index is 2.62. The summed E-state index contributed by atoms with van der Waals surface area (Å²) in [5.41, 5.74) is 0.335. The summed E-state index contributed by atoms with van der Waals surface area (Å²) >= 11 is 7.28. The minimum Gasteiger partial charge on any atom is -0.454 e. The van der Waals surface area contributed by atoms with Gasteiger partial charge in [0.25, 0.3) is 11.8 Å². The van der Waals surface area contributed by atoms with Gasteiger partial charge in [0, 0.05) is 10.6 Å². The standard InChI is InChI=1S/C17H21ClN2O6S/c1-3-25-17(24)20-14(21)10-26-16(23)13(8-9-27-2)19-15(22)11-4-6-12(18)7-5-11/h4-7,13H,3,8-10H2,1-2H3,(H,19,22)(H,20,21,24)/t13-/m0/s1. The first-order valence-corrected chi connectivity index (χ1v) is 9.83. The second-order valence-corrected chi connectivity index (χ2v) is 6.61. The van der Waals surface area contributed by atoms with Gasteiger partial charge in [-0.25, -0.2) is 9.59 Å². The predicted octanol–water partition coefficient (Wildman–Crippen LogP) is 2.01. The summed E-state index contributed by atoms with van der Waals surface area (Å²) in [6.07, 6.45) is 1.25. The number of imide groups is 1. The quantitative estimate of drug-likeness (QED) is 0.592. The van der Waals surface area contributed by atoms with Crippen LogP contribution in [0.15, 0.2) is 24.3 Å². The van der Waals surface area contributed by atoms with E-state index in [0.717, 1.165) is 0 Å². The minimum atomic E-state index is -0.934. The highest BCUT2D eigenvalue weighted by Gasteiger charge is 2.23. The summed E-state index contributed by atoms with van der Waals surface area (Å²) in [6.45, 7) is 1.03. The van der Waals surface area contributed by atoms with E-state index in [1.165, 1.54) is 23.9 Å². The van der Waals surface area contributed by atoms with Crippen molar-refractivity contribution in [2.75, 3.05) is 25.2 Å². The van der Waals surface area contributed by atoms with E-state index in [2.05, 4.69) is 10.1 Å². The number of nitrogens with one attached hydrogen (secondary N) is 2. The molecule has 1 aromatic rings. The third-order valence-electron chi connectivity index (χ3n) is 3.17. The zero-order chi connectivity index (χ0) is 20.2. The molecule has 8 nitrogen and oxygen atoms in total. The smallest absolute Gasteiger partial charge is 0.413 e. The number of carbonyl (C=O) groups is 4. The van der Waals surface area contributed by atoms with Gasteiger partial charge in [-0.1, -0.05) is 11.6 Å². The first kappa shape index (κ1) is 22.8. The summed E-state index contributed by atoms with van der Waals surface area (Å²) in [6, 6.07) is 5.25. The van der Waals surface area contributed by atoms with Crippen molar-refractivity contribution >= 4 is 47.2 Å². The molecule has 0 heterocycles. The molecule has 0 saturated carbocycles. The van der Waals surface area contributed by atoms with Crippen LogP contribution in [0.3, 0.4) is 0 Å². The number of hydrogen-bond donors (Lipinski definition) is 2. The van der Waals surface area contributed by atoms with Crippen LogP contribution in [-0.2, 0) is 19.1 Å². The van der Waals surface area contributed by atoms with E-state index in [4.69, 9.17) is 16.3 Å². The SMILES string of the molecule is CCOC(=O)NC(=O)COC(=O)[C@H](CCSC)NC(=O)c1ccc(Cl)cc1. The molecule has 0 unspecified atom stereocenters. The van der Waals surface area contributed by atoms with Gasteiger partial charge in [0.05, 0.1) is 6.61 Å². The molecule has 0 fully saturated rings. The highest BCUT2D eigenvalue weighted by atomic mass is 35.5. The number of esters is 1. The number of thioether (sulfide) groups is 1. The lowest BCUT2D eigenvalue weighted by atomic mass is 10.1. The lowest BCUT2D eigenvalue weighted by Crippen LogP contribution is -2.43. The van der Waals surface area contributed by atoms with Crippen LogP contribution in [0, 0.1) is 0 Å². The lowest BCUT2D eigenvalue weighted by Gasteiger charge is -2.17. The van der Waals surface area contributed by atoms with E-state index >= 15 is 0 Å². The van der Waals surface area contributed by atoms with Crippen molar-refractivity contribution in [2.45, 2.75) is 19.4 Å². The Morgan fingerprint density at radius 3 is 2.41 bits per heavy atom. The van der Waals surface area contributed by atoms with Crippen molar-refractivity contribution in [3.8, 4) is 0 Å². The van der Waals surface area contributed by atoms with E-state index in [9.17, 15) is 19.2 Å². The third-order valence-corrected chi connectivity index (χ3v) is 4.07. The summed E-state index contributed by atoms with van der Waals surface area (Å²) in [5.74, 6) is -1.47. The van der Waals surface area contributed by atoms with Crippen LogP contribution in [0.1, 0.15) is 23.7 Å². The number of benzene rings is 1. The maximum absolute atomic E-state index is 12.3. The summed E-state index contributed by atoms with van der Waals surface area (Å²) in [5, 5.41) is 4.97. The second kappa shape index (κ2) is 12.2. The molecule has 0 bridgehead atoms. The zero-order valence-electron chi connectivity index (χ0n) is 15.0. The van der Waals surface area contributed by atoms with Crippen LogP contribution in [0.4, 0.5) is 4.79 Å². The predicted molar refractivity (Wildman–Crippen MR) is 102 cm³/mol. The Labute approximate surface area is 166 Å². The third kappa shape index (κ3) is 8.78. The maximum atomic E-state index is 12.3. The second-order valence-electron chi connectivity index (χ2n) is 5.19. The van der Waals surface area contributed by atoms with Crippen LogP contribution in [0.5, 0.6) is 0 Å². The van der Waals surface area contributed by atoms with E-state index in [1.807, 2.05) is 11.6 Å². The van der Waals surface area contributed by atoms with Gasteiger partial charge < -0.3 is 14.8 Å². The van der Waals surface area contributed by atoms with Crippen LogP contribution in [-0.4, -0.2) is 55.1 Å². The van der Waals surface area contributed by atoms with Crippen LogP contribution >= 0.6 is 23.4 Å². The fraction of sp³-hybridized carbons (Fsp3) is 0.412. The molecule has 148 valence electrons. The Hall–Kier alpha value is -2.26. The van der Waals surface area contributed by atoms with Gasteiger partial charge >= 0.3 is 12.1 Å². The molecule has 0 saturated heterocycles. The van der Waals surface area contributed by atoms with Crippen molar-refractivity contribution in [3.05, 3.63) is 34.9 Å². The van der Waals surface area contributed by atoms with E-state index in [1.54, 1.807) is 19.1 Å². The number of ether oxygens (including phenoxy) is 2. The van der Waals surface area contributed by atoms with Crippen LogP contribution in [0.25, 0.3) is 0 Å². The number of rotatable bonds is 9. The van der Waals surface area contributed by atoms with Gasteiger partial charge in [-0.2, -0.15) is 11.8 Å². The largest absolute Gasteiger partial charge is 0.454 e. The monoisotopic (exact) mass is 416 g/mol. The summed E-state index contributed by atoms with van der Waals surface area (Å²) in [7, 11) is 0. The van der Waals surface area contributed by atoms with Crippen LogP contribution in [0.2, 0.25) is 5.02 Å². The highest BCUT2D eigenvalue weighted by molar-refractivity contribution is 7.98. The summed E-state index contributed by atoms with van der Waals surface area (Å²) < 4.78 is 9.44. The van der Waals surface area contributed by atoms with Gasteiger partial charge in [0.1, 0.15) is 6.04 Å². The first-order chi connectivity index (χ1) is 12.9. The van der Waals surface area contributed by atoms with Crippen molar-refractivity contribution < 1.29 is 28.7 Å². The highest BCUT2D eigenvalue weighted by Crippen LogP contribution is 2.10. The molecule has 1 aromatic carbocycles. The normalized spacial score (nSPS) is 11.2. The zero-order valence-corrected chi connectivity index (χ0v) is 16.5. The van der Waals surface area contributed by atoms with Gasteiger partial charge in [-0.15, -0.1) is 0 Å².